The van der Waals surface area contributed by atoms with Crippen LogP contribution in [0, 0.1) is 0 Å². The highest BCUT2D eigenvalue weighted by Gasteiger charge is 2.26. The SMILES string of the molecule is COc1nc(-c2cccc(-c3cccc(-c4cc5c(=O)n(C)c(CNCCCF)nn5c4)c3Cl)c2Cl)ccc1CN(CC1CCC(=O)N1)C(=O)O. The molecule has 15 heteroatoms. The molecule has 0 bridgehead atoms. The van der Waals surface area contributed by atoms with Crippen LogP contribution in [-0.4, -0.2) is 74.1 Å². The number of methoxy groups -OCH3 is 1. The zero-order chi connectivity index (χ0) is 36.2. The van der Waals surface area contributed by atoms with Gasteiger partial charge in [-0.25, -0.2) is 14.3 Å². The van der Waals surface area contributed by atoms with Crippen LogP contribution in [0.1, 0.15) is 30.7 Å². The Morgan fingerprint density at radius 2 is 1.80 bits per heavy atom. The quantitative estimate of drug-likeness (QED) is 0.126. The van der Waals surface area contributed by atoms with Gasteiger partial charge in [0.2, 0.25) is 11.8 Å². The number of hydrogen-bond acceptors (Lipinski definition) is 7. The van der Waals surface area contributed by atoms with Crippen LogP contribution in [0.3, 0.4) is 0 Å². The number of fused-ring (bicyclic) bond motifs is 1. The Kier molecular flexibility index (Phi) is 10.9. The molecule has 0 radical (unpaired) electrons. The van der Waals surface area contributed by atoms with Gasteiger partial charge in [0.1, 0.15) is 11.3 Å². The molecule has 1 atom stereocenters. The van der Waals surface area contributed by atoms with Crippen molar-refractivity contribution in [1.82, 2.24) is 34.7 Å². The lowest BCUT2D eigenvalue weighted by atomic mass is 9.97. The largest absolute Gasteiger partial charge is 0.481 e. The molecule has 6 rings (SSSR count). The molecule has 1 saturated heterocycles. The van der Waals surface area contributed by atoms with Gasteiger partial charge in [-0.2, -0.15) is 5.10 Å². The predicted octanol–water partition coefficient (Wildman–Crippen LogP) is 5.95. The Bertz CT molecular complexity index is 2170. The van der Waals surface area contributed by atoms with Gasteiger partial charge in [0.05, 0.1) is 42.6 Å². The Morgan fingerprint density at radius 3 is 2.47 bits per heavy atom. The summed E-state index contributed by atoms with van der Waals surface area (Å²) in [5, 5.41) is 21.2. The fourth-order valence-electron chi connectivity index (χ4n) is 6.18. The highest BCUT2D eigenvalue weighted by Crippen LogP contribution is 2.42. The number of carboxylic acid groups (broad SMARTS) is 1. The molecule has 5 aromatic rings. The average molecular weight is 737 g/mol. The molecular weight excluding hydrogens is 700 g/mol. The summed E-state index contributed by atoms with van der Waals surface area (Å²) in [4.78, 5) is 42.8. The maximum absolute atomic E-state index is 13.2. The van der Waals surface area contributed by atoms with E-state index < -0.39 is 12.8 Å². The van der Waals surface area contributed by atoms with Crippen molar-refractivity contribution < 1.29 is 23.8 Å². The standard InChI is InChI=1S/C36H36Cl2FN7O5/c1-44-30(17-40-15-5-14-39)43-46-19-22(16-29(46)35(44)48)24-6-3-7-25(32(24)37)26-8-4-9-27(33(26)38)28-12-10-21(34(42-28)51-2)18-45(36(49)50)20-23-11-13-31(47)41-23/h3-4,6-10,12,16,19,23,40H,5,11,13-15,17-18,20H2,1-2H3,(H,41,47)(H,49,50). The van der Waals surface area contributed by atoms with Gasteiger partial charge in [-0.15, -0.1) is 0 Å². The van der Waals surface area contributed by atoms with Crippen LogP contribution in [0.2, 0.25) is 10.0 Å². The summed E-state index contributed by atoms with van der Waals surface area (Å²) in [7, 11) is 3.11. The maximum Gasteiger partial charge on any atom is 0.407 e. The lowest BCUT2D eigenvalue weighted by Gasteiger charge is -2.23. The van der Waals surface area contributed by atoms with Crippen molar-refractivity contribution in [3.63, 3.8) is 0 Å². The number of rotatable bonds is 13. The first-order chi connectivity index (χ1) is 24.6. The van der Waals surface area contributed by atoms with Gasteiger partial charge in [0, 0.05) is 65.6 Å². The number of pyridine rings is 1. The van der Waals surface area contributed by atoms with E-state index in [9.17, 15) is 23.9 Å². The van der Waals surface area contributed by atoms with E-state index in [1.54, 1.807) is 31.4 Å². The second-order valence-electron chi connectivity index (χ2n) is 12.2. The fraction of sp³-hybridized carbons (Fsp3) is 0.306. The normalized spacial score (nSPS) is 14.2. The van der Waals surface area contributed by atoms with Crippen LogP contribution < -0.4 is 20.9 Å². The number of carbonyl (C=O) groups is 2. The Hall–Kier alpha value is -4.98. The van der Waals surface area contributed by atoms with E-state index in [0.717, 1.165) is 0 Å². The van der Waals surface area contributed by atoms with E-state index in [1.807, 2.05) is 36.4 Å². The minimum absolute atomic E-state index is 0.0175. The molecule has 0 spiro atoms. The first kappa shape index (κ1) is 35.8. The van der Waals surface area contributed by atoms with Crippen LogP contribution in [0.4, 0.5) is 9.18 Å². The van der Waals surface area contributed by atoms with E-state index in [1.165, 1.54) is 21.1 Å². The number of amides is 2. The van der Waals surface area contributed by atoms with Gasteiger partial charge in [-0.1, -0.05) is 59.6 Å². The van der Waals surface area contributed by atoms with E-state index in [2.05, 4.69) is 20.7 Å². The zero-order valence-corrected chi connectivity index (χ0v) is 29.5. The summed E-state index contributed by atoms with van der Waals surface area (Å²) in [5.74, 6) is 0.665. The van der Waals surface area contributed by atoms with Crippen molar-refractivity contribution in [2.45, 2.75) is 38.4 Å². The molecule has 3 N–H and O–H groups in total. The predicted molar refractivity (Wildman–Crippen MR) is 193 cm³/mol. The summed E-state index contributed by atoms with van der Waals surface area (Å²) in [6.07, 6.45) is 1.95. The molecule has 266 valence electrons. The Labute approximate surface area is 302 Å². The molecule has 51 heavy (non-hydrogen) atoms. The lowest BCUT2D eigenvalue weighted by Crippen LogP contribution is -2.41. The van der Waals surface area contributed by atoms with Crippen LogP contribution in [0.5, 0.6) is 5.88 Å². The van der Waals surface area contributed by atoms with Gasteiger partial charge >= 0.3 is 6.09 Å². The smallest absolute Gasteiger partial charge is 0.407 e. The van der Waals surface area contributed by atoms with Crippen LogP contribution in [-0.2, 0) is 24.9 Å². The monoisotopic (exact) mass is 735 g/mol. The van der Waals surface area contributed by atoms with Crippen molar-refractivity contribution in [2.24, 2.45) is 7.05 Å². The number of alkyl halides is 1. The van der Waals surface area contributed by atoms with Crippen molar-refractivity contribution in [1.29, 1.82) is 0 Å². The molecule has 1 unspecified atom stereocenters. The molecule has 12 nitrogen and oxygen atoms in total. The molecule has 1 fully saturated rings. The van der Waals surface area contributed by atoms with Gasteiger partial charge < -0.3 is 25.4 Å². The summed E-state index contributed by atoms with van der Waals surface area (Å²) in [5.41, 5.74) is 4.50. The van der Waals surface area contributed by atoms with Crippen molar-refractivity contribution in [3.05, 3.63) is 92.6 Å². The second-order valence-corrected chi connectivity index (χ2v) is 13.0. The number of ether oxygens (including phenoxy) is 1. The van der Waals surface area contributed by atoms with Gasteiger partial charge in [0.15, 0.2) is 0 Å². The number of hydrogen-bond donors (Lipinski definition) is 3. The Morgan fingerprint density at radius 1 is 1.10 bits per heavy atom. The molecular formula is C36H36Cl2FN7O5. The number of carbonyl (C=O) groups excluding carboxylic acids is 1. The summed E-state index contributed by atoms with van der Waals surface area (Å²) < 4.78 is 21.1. The second kappa shape index (κ2) is 15.5. The highest BCUT2D eigenvalue weighted by molar-refractivity contribution is 6.39. The van der Waals surface area contributed by atoms with Crippen LogP contribution >= 0.6 is 23.2 Å². The summed E-state index contributed by atoms with van der Waals surface area (Å²) in [6.45, 7) is 0.521. The molecule has 2 amide bonds. The molecule has 0 aliphatic carbocycles. The van der Waals surface area contributed by atoms with Gasteiger partial charge in [-0.05, 0) is 37.6 Å². The third-order valence-corrected chi connectivity index (χ3v) is 9.68. The summed E-state index contributed by atoms with van der Waals surface area (Å²) in [6, 6.07) is 16.1. The minimum Gasteiger partial charge on any atom is -0.481 e. The number of nitrogens with one attached hydrogen (secondary N) is 2. The fourth-order valence-corrected chi connectivity index (χ4v) is 6.84. The summed E-state index contributed by atoms with van der Waals surface area (Å²) >= 11 is 14.1. The van der Waals surface area contributed by atoms with Crippen molar-refractivity contribution in [3.8, 4) is 39.4 Å². The third kappa shape index (κ3) is 7.55. The first-order valence-electron chi connectivity index (χ1n) is 16.3. The molecule has 0 saturated carbocycles. The topological polar surface area (TPSA) is 143 Å². The lowest BCUT2D eigenvalue weighted by molar-refractivity contribution is -0.119. The van der Waals surface area contributed by atoms with Gasteiger partial charge in [-0.3, -0.25) is 18.5 Å². The maximum atomic E-state index is 13.2. The number of halogens is 3. The molecule has 2 aromatic carbocycles. The van der Waals surface area contributed by atoms with Crippen molar-refractivity contribution >= 4 is 40.7 Å². The van der Waals surface area contributed by atoms with E-state index in [0.29, 0.717) is 92.8 Å². The molecule has 1 aliphatic heterocycles. The van der Waals surface area contributed by atoms with Gasteiger partial charge in [0.25, 0.3) is 5.56 Å². The van der Waals surface area contributed by atoms with Crippen LogP contribution in [0.25, 0.3) is 39.0 Å². The molecule has 3 aromatic heterocycles. The van der Waals surface area contributed by atoms with Crippen molar-refractivity contribution in [2.75, 3.05) is 26.9 Å². The Balaban J connectivity index is 1.29. The van der Waals surface area contributed by atoms with E-state index >= 15 is 0 Å². The average Bonchev–Trinajstić information content (AvgIpc) is 3.74. The van der Waals surface area contributed by atoms with E-state index in [-0.39, 0.29) is 36.5 Å². The third-order valence-electron chi connectivity index (χ3n) is 8.87. The number of aromatic nitrogens is 4. The van der Waals surface area contributed by atoms with Crippen LogP contribution in [0.15, 0.2) is 65.6 Å². The molecule has 4 heterocycles. The highest BCUT2D eigenvalue weighted by atomic mass is 35.5. The number of benzene rings is 2. The first-order valence-corrected chi connectivity index (χ1v) is 17.1. The van der Waals surface area contributed by atoms with E-state index in [4.69, 9.17) is 27.9 Å². The number of nitrogens with zero attached hydrogens (tertiary/aromatic N) is 5. The zero-order valence-electron chi connectivity index (χ0n) is 28.0. The minimum atomic E-state index is -1.12. The molecule has 1 aliphatic rings.